The van der Waals surface area contributed by atoms with Crippen LogP contribution in [0.5, 0.6) is 0 Å². The fraction of sp³-hybridized carbons (Fsp3) is 0.161. The van der Waals surface area contributed by atoms with Crippen molar-refractivity contribution in [2.45, 2.75) is 30.1 Å². The Hall–Kier alpha value is -5.35. The number of nitrogens with one attached hydrogen (secondary N) is 1. The third-order valence-electron chi connectivity index (χ3n) is 7.07. The highest BCUT2D eigenvalue weighted by Gasteiger charge is 2.82. The van der Waals surface area contributed by atoms with E-state index in [4.69, 9.17) is 4.84 Å². The number of pyridine rings is 1. The molecule has 4 rings (SSSR count). The molecule has 0 saturated carbocycles. The summed E-state index contributed by atoms with van der Waals surface area (Å²) in [6.45, 7) is 0. The number of halogens is 16. The van der Waals surface area contributed by atoms with Gasteiger partial charge in [0.05, 0.1) is 22.4 Å². The van der Waals surface area contributed by atoms with Gasteiger partial charge in [-0.25, -0.2) is 22.9 Å². The molecule has 2 amide bonds. The van der Waals surface area contributed by atoms with Crippen LogP contribution in [-0.2, 0) is 16.7 Å². The smallest absolute Gasteiger partial charge is 0.327 e. The van der Waals surface area contributed by atoms with Gasteiger partial charge >= 0.3 is 36.1 Å². The molecule has 0 fully saturated rings. The molecule has 0 saturated heterocycles. The molecule has 3 aromatic carbocycles. The molecule has 1 unspecified atom stereocenters. The van der Waals surface area contributed by atoms with Crippen molar-refractivity contribution in [2.24, 2.45) is 0 Å². The molecule has 1 heterocycles. The van der Waals surface area contributed by atoms with Crippen LogP contribution in [0.2, 0.25) is 0 Å². The van der Waals surface area contributed by atoms with E-state index < -0.39 is 121 Å². The number of nitrogens with zero attached hydrogens (tertiary/aromatic N) is 2. The summed E-state index contributed by atoms with van der Waals surface area (Å²) < 4.78 is 206. The van der Waals surface area contributed by atoms with E-state index in [0.29, 0.717) is 24.4 Å². The highest BCUT2D eigenvalue weighted by Crippen LogP contribution is 2.59. The monoisotopic (exact) mass is 855 g/mol. The maximum absolute atomic E-state index is 16.0. The molecule has 288 valence electrons. The molecule has 0 bridgehead atoms. The molecule has 0 aliphatic rings. The quantitative estimate of drug-likeness (QED) is 0.114. The number of aromatic nitrogens is 1. The SMILES string of the molecule is O=C(ON(C(=O)c1ccc(F)cc1)c1cccc(C(=O)Nc2c(Br)cc(C(F)(C(F)(F)F)C(F)(F)C(F)(F)F)cc2C(F)(F)F)c1F)c1ccc(F)nc1. The second-order valence-electron chi connectivity index (χ2n) is 10.6. The number of carbonyl (C=O) groups is 3. The Morgan fingerprint density at radius 2 is 1.33 bits per heavy atom. The summed E-state index contributed by atoms with van der Waals surface area (Å²) in [5.74, 6) is -16.2. The van der Waals surface area contributed by atoms with Crippen molar-refractivity contribution in [2.75, 3.05) is 10.4 Å². The van der Waals surface area contributed by atoms with E-state index in [-0.39, 0.29) is 5.06 Å². The van der Waals surface area contributed by atoms with Crippen LogP contribution in [0.1, 0.15) is 42.2 Å². The number of hydrogen-bond donors (Lipinski definition) is 1. The van der Waals surface area contributed by atoms with E-state index in [1.807, 2.05) is 0 Å². The van der Waals surface area contributed by atoms with Crippen LogP contribution in [0, 0.1) is 17.6 Å². The molecule has 23 heteroatoms. The first-order chi connectivity index (χ1) is 24.7. The Morgan fingerprint density at radius 1 is 0.741 bits per heavy atom. The van der Waals surface area contributed by atoms with Gasteiger partial charge in [-0.3, -0.25) is 9.59 Å². The van der Waals surface area contributed by atoms with Crippen LogP contribution >= 0.6 is 15.9 Å². The number of benzene rings is 3. The lowest BCUT2D eigenvalue weighted by molar-refractivity contribution is -0.389. The Labute approximate surface area is 298 Å². The van der Waals surface area contributed by atoms with Crippen LogP contribution in [0.3, 0.4) is 0 Å². The maximum atomic E-state index is 16.0. The van der Waals surface area contributed by atoms with Gasteiger partial charge in [0.15, 0.2) is 5.82 Å². The average molecular weight is 856 g/mol. The first-order valence-corrected chi connectivity index (χ1v) is 14.7. The summed E-state index contributed by atoms with van der Waals surface area (Å²) in [4.78, 5) is 47.4. The largest absolute Gasteiger partial charge is 0.457 e. The lowest BCUT2D eigenvalue weighted by Gasteiger charge is -2.36. The van der Waals surface area contributed by atoms with Gasteiger partial charge in [0.25, 0.3) is 11.8 Å². The van der Waals surface area contributed by atoms with Crippen molar-refractivity contribution >= 4 is 45.1 Å². The van der Waals surface area contributed by atoms with Gasteiger partial charge in [-0.05, 0) is 76.6 Å². The van der Waals surface area contributed by atoms with E-state index in [9.17, 15) is 71.5 Å². The maximum Gasteiger partial charge on any atom is 0.457 e. The van der Waals surface area contributed by atoms with Crippen LogP contribution in [0.4, 0.5) is 77.2 Å². The Kier molecular flexibility index (Phi) is 11.1. The molecule has 0 aliphatic heterocycles. The van der Waals surface area contributed by atoms with Crippen molar-refractivity contribution in [3.8, 4) is 0 Å². The van der Waals surface area contributed by atoms with Gasteiger partial charge in [-0.15, -0.1) is 5.06 Å². The van der Waals surface area contributed by atoms with Gasteiger partial charge in [0.1, 0.15) is 11.5 Å². The lowest BCUT2D eigenvalue weighted by atomic mass is 9.86. The van der Waals surface area contributed by atoms with Crippen molar-refractivity contribution in [3.05, 3.63) is 123 Å². The molecule has 0 aliphatic carbocycles. The van der Waals surface area contributed by atoms with E-state index in [0.717, 1.165) is 36.4 Å². The third-order valence-corrected chi connectivity index (χ3v) is 7.69. The molecule has 1 aromatic heterocycles. The minimum absolute atomic E-state index is 0.115. The lowest BCUT2D eigenvalue weighted by Crippen LogP contribution is -2.59. The number of carbonyl (C=O) groups excluding carboxylic acids is 3. The normalized spacial score (nSPS) is 13.6. The highest BCUT2D eigenvalue weighted by atomic mass is 79.9. The van der Waals surface area contributed by atoms with E-state index in [2.05, 4.69) is 20.9 Å². The molecule has 54 heavy (non-hydrogen) atoms. The van der Waals surface area contributed by atoms with Crippen molar-refractivity contribution in [1.29, 1.82) is 0 Å². The molecule has 1 N–H and O–H groups in total. The predicted octanol–water partition coefficient (Wildman–Crippen LogP) is 9.88. The zero-order chi connectivity index (χ0) is 40.8. The van der Waals surface area contributed by atoms with Gasteiger partial charge in [0.2, 0.25) is 5.95 Å². The third kappa shape index (κ3) is 7.80. The van der Waals surface area contributed by atoms with Crippen molar-refractivity contribution in [1.82, 2.24) is 4.98 Å². The molecule has 1 atom stereocenters. The molecule has 7 nitrogen and oxygen atoms in total. The van der Waals surface area contributed by atoms with Crippen LogP contribution in [-0.4, -0.2) is 41.0 Å². The Bertz CT molecular complexity index is 2090. The second-order valence-corrected chi connectivity index (χ2v) is 11.4. The van der Waals surface area contributed by atoms with Gasteiger partial charge < -0.3 is 10.2 Å². The number of alkyl halides is 12. The van der Waals surface area contributed by atoms with E-state index >= 15 is 8.78 Å². The predicted molar refractivity (Wildman–Crippen MR) is 156 cm³/mol. The van der Waals surface area contributed by atoms with E-state index in [1.54, 1.807) is 0 Å². The number of amides is 2. The number of rotatable bonds is 7. The number of anilines is 2. The number of hydroxylamine groups is 1. The first kappa shape index (κ1) is 41.4. The second kappa shape index (κ2) is 14.5. The highest BCUT2D eigenvalue weighted by molar-refractivity contribution is 9.10. The summed E-state index contributed by atoms with van der Waals surface area (Å²) >= 11 is 2.19. The zero-order valence-electron chi connectivity index (χ0n) is 25.5. The van der Waals surface area contributed by atoms with E-state index in [1.165, 1.54) is 5.32 Å². The average Bonchev–Trinajstić information content (AvgIpc) is 3.06. The fourth-order valence-corrected chi connectivity index (χ4v) is 5.01. The summed E-state index contributed by atoms with van der Waals surface area (Å²) in [6, 6.07) is 4.90. The minimum Gasteiger partial charge on any atom is -0.327 e. The molecule has 0 radical (unpaired) electrons. The van der Waals surface area contributed by atoms with Gasteiger partial charge in [0, 0.05) is 21.8 Å². The zero-order valence-corrected chi connectivity index (χ0v) is 27.1. The minimum atomic E-state index is -7.37. The molecular formula is C31H13BrF15N3O4. The first-order valence-electron chi connectivity index (χ1n) is 13.9. The Balaban J connectivity index is 1.83. The standard InChI is InChI=1S/C31H13BrF15N3O4/c32-19-11-15(27(36,30(42,43)44)29(40,41)31(45,46)47)10-18(28(37,38)39)23(19)49-24(51)17-2-1-3-20(22(17)35)50(25(52)13-4-7-16(33)8-5-13)54-26(53)14-6-9-21(34)48-12-14/h1-12H,(H,49,51). The van der Waals surface area contributed by atoms with Crippen LogP contribution in [0.25, 0.3) is 0 Å². The summed E-state index contributed by atoms with van der Waals surface area (Å²) in [5, 5.41) is 1.26. The molecular weight excluding hydrogens is 843 g/mol. The van der Waals surface area contributed by atoms with Crippen LogP contribution < -0.4 is 10.4 Å². The topological polar surface area (TPSA) is 88.6 Å². The molecule has 4 aromatic rings. The summed E-state index contributed by atoms with van der Waals surface area (Å²) in [6.07, 6.45) is -19.9. The Morgan fingerprint density at radius 3 is 1.85 bits per heavy atom. The van der Waals surface area contributed by atoms with Crippen molar-refractivity contribution in [3.63, 3.8) is 0 Å². The van der Waals surface area contributed by atoms with Gasteiger partial charge in [-0.2, -0.15) is 52.7 Å². The van der Waals surface area contributed by atoms with Gasteiger partial charge in [-0.1, -0.05) is 6.07 Å². The summed E-state index contributed by atoms with van der Waals surface area (Å²) in [5.41, 5.74) is -17.7. The van der Waals surface area contributed by atoms with Crippen LogP contribution in [0.15, 0.2) is 77.4 Å². The van der Waals surface area contributed by atoms with Crippen molar-refractivity contribution < 1.29 is 85.1 Å². The number of hydrogen-bond acceptors (Lipinski definition) is 5. The molecule has 0 spiro atoms. The fourth-order valence-electron chi connectivity index (χ4n) is 4.45. The summed E-state index contributed by atoms with van der Waals surface area (Å²) in [7, 11) is 0.